The summed E-state index contributed by atoms with van der Waals surface area (Å²) in [7, 11) is 0. The Kier molecular flexibility index (Phi) is 7.52. The Labute approximate surface area is 226 Å². The largest absolute Gasteiger partial charge is 0.193 e. The van der Waals surface area contributed by atoms with Gasteiger partial charge in [0.1, 0.15) is 0 Å². The summed E-state index contributed by atoms with van der Waals surface area (Å²) in [5.74, 6) is 0. The van der Waals surface area contributed by atoms with E-state index in [1.165, 1.54) is 60.5 Å². The van der Waals surface area contributed by atoms with Gasteiger partial charge >= 0.3 is 0 Å². The fraction of sp³-hybridized carbons (Fsp3) is 0.162. The summed E-state index contributed by atoms with van der Waals surface area (Å²) < 4.78 is 0. The Bertz CT molecular complexity index is 1730. The lowest BCUT2D eigenvalue weighted by Gasteiger charge is -2.24. The van der Waals surface area contributed by atoms with Gasteiger partial charge in [-0.15, -0.1) is 0 Å². The maximum Gasteiger partial charge on any atom is 0.0940 e. The number of benzene rings is 5. The molecule has 38 heavy (non-hydrogen) atoms. The zero-order valence-electron chi connectivity index (χ0n) is 22.5. The molecule has 1 nitrogen and oxygen atoms in total. The highest BCUT2D eigenvalue weighted by atomic mass is 14.3. The lowest BCUT2D eigenvalue weighted by atomic mass is 9.80. The van der Waals surface area contributed by atoms with E-state index in [9.17, 15) is 0 Å². The Morgan fingerprint density at radius 2 is 1.50 bits per heavy atom. The van der Waals surface area contributed by atoms with E-state index >= 15 is 0 Å². The second-order valence-electron chi connectivity index (χ2n) is 9.59. The predicted octanol–water partition coefficient (Wildman–Crippen LogP) is 10.3. The lowest BCUT2D eigenvalue weighted by molar-refractivity contribution is 0.991. The molecule has 0 saturated carbocycles. The highest BCUT2D eigenvalue weighted by Gasteiger charge is 2.21. The van der Waals surface area contributed by atoms with Crippen molar-refractivity contribution in [3.63, 3.8) is 0 Å². The number of hydrogen-bond donors (Lipinski definition) is 0. The maximum absolute atomic E-state index is 9.15. The van der Waals surface area contributed by atoms with Crippen LogP contribution in [0.1, 0.15) is 43.9 Å². The summed E-state index contributed by atoms with van der Waals surface area (Å²) in [6.45, 7) is 5.87. The van der Waals surface area contributed by atoms with Gasteiger partial charge in [0.05, 0.1) is 6.07 Å². The van der Waals surface area contributed by atoms with Crippen molar-refractivity contribution in [1.82, 2.24) is 0 Å². The number of hydrogen-bond acceptors (Lipinski definition) is 1. The normalized spacial score (nSPS) is 12.5. The Balaban J connectivity index is 0.00000144. The fourth-order valence-corrected chi connectivity index (χ4v) is 5.54. The highest BCUT2D eigenvalue weighted by molar-refractivity contribution is 6.10. The fourth-order valence-electron chi connectivity index (χ4n) is 5.54. The average Bonchev–Trinajstić information content (AvgIpc) is 2.99. The summed E-state index contributed by atoms with van der Waals surface area (Å²) in [4.78, 5) is 0. The van der Waals surface area contributed by atoms with Crippen LogP contribution < -0.4 is 0 Å². The van der Waals surface area contributed by atoms with Gasteiger partial charge < -0.3 is 0 Å². The molecular weight excluding hydrogens is 458 g/mol. The molecule has 0 amide bonds. The molecule has 0 atom stereocenters. The number of fused-ring (bicyclic) bond motifs is 3. The van der Waals surface area contributed by atoms with Gasteiger partial charge in [0, 0.05) is 5.57 Å². The minimum absolute atomic E-state index is 0.755. The van der Waals surface area contributed by atoms with Crippen LogP contribution >= 0.6 is 0 Å². The van der Waals surface area contributed by atoms with Crippen LogP contribution in [0.2, 0.25) is 0 Å². The molecule has 0 N–H and O–H groups in total. The molecule has 0 fully saturated rings. The molecule has 6 rings (SSSR count). The molecule has 0 aliphatic heterocycles. The topological polar surface area (TPSA) is 23.8 Å². The second kappa shape index (κ2) is 11.3. The van der Waals surface area contributed by atoms with Crippen molar-refractivity contribution in [2.75, 3.05) is 0 Å². The SMILES string of the molecule is C/C(C#N)=C\Cc1cccc(-c2c3c(c(-c4ccc5ccccc5c4)c4ccccc24)CCC=C3)c1.CC. The molecule has 186 valence electrons. The van der Waals surface area contributed by atoms with Gasteiger partial charge in [0.25, 0.3) is 0 Å². The minimum atomic E-state index is 0.755. The van der Waals surface area contributed by atoms with Crippen LogP contribution in [0.15, 0.2) is 109 Å². The third-order valence-electron chi connectivity index (χ3n) is 7.28. The molecule has 1 aliphatic rings. The van der Waals surface area contributed by atoms with Crippen molar-refractivity contribution < 1.29 is 0 Å². The van der Waals surface area contributed by atoms with E-state index in [4.69, 9.17) is 5.26 Å². The van der Waals surface area contributed by atoms with Gasteiger partial charge in [0.2, 0.25) is 0 Å². The van der Waals surface area contributed by atoms with E-state index in [0.29, 0.717) is 0 Å². The van der Waals surface area contributed by atoms with E-state index in [1.54, 1.807) is 0 Å². The van der Waals surface area contributed by atoms with Crippen molar-refractivity contribution in [3.8, 4) is 28.3 Å². The monoisotopic (exact) mass is 491 g/mol. The van der Waals surface area contributed by atoms with Crippen LogP contribution in [0, 0.1) is 11.3 Å². The van der Waals surface area contributed by atoms with Crippen LogP contribution in [0.25, 0.3) is 49.9 Å². The molecule has 1 heteroatoms. The first-order valence-electron chi connectivity index (χ1n) is 13.6. The molecule has 0 saturated heterocycles. The quantitative estimate of drug-likeness (QED) is 0.229. The van der Waals surface area contributed by atoms with Crippen molar-refractivity contribution in [2.45, 2.75) is 40.0 Å². The first-order valence-corrected chi connectivity index (χ1v) is 13.6. The summed E-state index contributed by atoms with van der Waals surface area (Å²) >= 11 is 0. The average molecular weight is 492 g/mol. The minimum Gasteiger partial charge on any atom is -0.193 e. The molecule has 0 spiro atoms. The summed E-state index contributed by atoms with van der Waals surface area (Å²) in [6.07, 6.45) is 9.51. The lowest BCUT2D eigenvalue weighted by Crippen LogP contribution is -2.02. The van der Waals surface area contributed by atoms with Gasteiger partial charge in [-0.3, -0.25) is 0 Å². The van der Waals surface area contributed by atoms with Crippen molar-refractivity contribution in [2.24, 2.45) is 0 Å². The zero-order chi connectivity index (χ0) is 26.5. The highest BCUT2D eigenvalue weighted by Crippen LogP contribution is 2.45. The second-order valence-corrected chi connectivity index (χ2v) is 9.59. The molecule has 5 aromatic rings. The van der Waals surface area contributed by atoms with Crippen LogP contribution in [-0.2, 0) is 12.8 Å². The van der Waals surface area contributed by atoms with Gasteiger partial charge in [-0.25, -0.2) is 0 Å². The van der Waals surface area contributed by atoms with E-state index in [-0.39, 0.29) is 0 Å². The molecule has 1 aliphatic carbocycles. The van der Waals surface area contributed by atoms with Crippen molar-refractivity contribution in [3.05, 3.63) is 125 Å². The van der Waals surface area contributed by atoms with E-state index in [1.807, 2.05) is 26.8 Å². The third kappa shape index (κ3) is 4.79. The van der Waals surface area contributed by atoms with Gasteiger partial charge in [0.15, 0.2) is 0 Å². The maximum atomic E-state index is 9.15. The Hall–Kier alpha value is -4.41. The molecule has 0 heterocycles. The Morgan fingerprint density at radius 1 is 0.789 bits per heavy atom. The molecule has 0 aromatic heterocycles. The molecule has 0 unspecified atom stereocenters. The molecule has 5 aromatic carbocycles. The summed E-state index contributed by atoms with van der Waals surface area (Å²) in [6, 6.07) is 35.4. The summed E-state index contributed by atoms with van der Waals surface area (Å²) in [5.41, 5.74) is 9.95. The Morgan fingerprint density at radius 3 is 2.29 bits per heavy atom. The number of nitrogens with zero attached hydrogens (tertiary/aromatic N) is 1. The van der Waals surface area contributed by atoms with E-state index in [2.05, 4.69) is 109 Å². The van der Waals surface area contributed by atoms with E-state index < -0.39 is 0 Å². The number of rotatable bonds is 4. The van der Waals surface area contributed by atoms with Crippen LogP contribution in [0.5, 0.6) is 0 Å². The third-order valence-corrected chi connectivity index (χ3v) is 7.28. The van der Waals surface area contributed by atoms with Crippen LogP contribution in [0.3, 0.4) is 0 Å². The van der Waals surface area contributed by atoms with Crippen LogP contribution in [0.4, 0.5) is 0 Å². The zero-order valence-corrected chi connectivity index (χ0v) is 22.5. The smallest absolute Gasteiger partial charge is 0.0940 e. The molecule has 0 bridgehead atoms. The van der Waals surface area contributed by atoms with Crippen LogP contribution in [-0.4, -0.2) is 0 Å². The van der Waals surface area contributed by atoms with Gasteiger partial charge in [-0.2, -0.15) is 5.26 Å². The number of nitriles is 1. The van der Waals surface area contributed by atoms with E-state index in [0.717, 1.165) is 24.8 Å². The first-order chi connectivity index (χ1) is 18.7. The van der Waals surface area contributed by atoms with Crippen molar-refractivity contribution >= 4 is 27.6 Å². The predicted molar refractivity (Wildman–Crippen MR) is 164 cm³/mol. The van der Waals surface area contributed by atoms with Gasteiger partial charge in [-0.05, 0) is 92.7 Å². The number of allylic oxidation sites excluding steroid dienone is 3. The standard InChI is InChI=1S/C35H27N.C2H6/c1-24(23-36)17-18-25-9-8-12-28(21-25)34-30-13-4-6-15-32(30)35(33-16-7-5-14-31(33)34)29-20-19-26-10-2-3-11-27(26)22-29;1-2/h2-6,8-15,17,19-22H,7,16,18H2,1H3;1-2H3/b24-17+;. The first kappa shape index (κ1) is 25.2. The van der Waals surface area contributed by atoms with Crippen molar-refractivity contribution in [1.29, 1.82) is 5.26 Å². The molecule has 0 radical (unpaired) electrons. The van der Waals surface area contributed by atoms with Gasteiger partial charge in [-0.1, -0.05) is 117 Å². The molecular formula is C37H33N. The summed E-state index contributed by atoms with van der Waals surface area (Å²) in [5, 5.41) is 14.3.